The summed E-state index contributed by atoms with van der Waals surface area (Å²) < 4.78 is 5.40. The fraction of sp³-hybridized carbons (Fsp3) is 0.154. The van der Waals surface area contributed by atoms with Crippen LogP contribution in [0.4, 0.5) is 0 Å². The van der Waals surface area contributed by atoms with E-state index in [4.69, 9.17) is 16.3 Å². The van der Waals surface area contributed by atoms with E-state index in [1.54, 1.807) is 6.92 Å². The molecule has 0 radical (unpaired) electrons. The van der Waals surface area contributed by atoms with Gasteiger partial charge in [0, 0.05) is 0 Å². The molecule has 2 aromatic rings. The summed E-state index contributed by atoms with van der Waals surface area (Å²) in [5.41, 5.74) is 0. The number of ether oxygens (including phenoxy) is 1. The summed E-state index contributed by atoms with van der Waals surface area (Å²) in [5.74, 6) is 0.653. The zero-order valence-corrected chi connectivity index (χ0v) is 9.57. The highest BCUT2D eigenvalue weighted by Crippen LogP contribution is 2.21. The number of halogens is 1. The van der Waals surface area contributed by atoms with E-state index in [2.05, 4.69) is 0 Å². The lowest BCUT2D eigenvalue weighted by molar-refractivity contribution is -0.117. The van der Waals surface area contributed by atoms with Crippen molar-refractivity contribution in [2.75, 3.05) is 0 Å². The molecule has 0 saturated carbocycles. The molecule has 0 aliphatic carbocycles. The standard InChI is InChI=1S/C13H11ClO2/c1-9(13(14)15)16-12-7-6-10-4-2-3-5-11(10)8-12/h2-9H,1H3/t9-/m1/s1. The summed E-state index contributed by atoms with van der Waals surface area (Å²) in [5, 5.41) is 1.72. The Morgan fingerprint density at radius 2 is 1.88 bits per heavy atom. The Hall–Kier alpha value is -1.54. The van der Waals surface area contributed by atoms with Gasteiger partial charge in [-0.15, -0.1) is 0 Å². The van der Waals surface area contributed by atoms with Crippen molar-refractivity contribution in [2.24, 2.45) is 0 Å². The van der Waals surface area contributed by atoms with Gasteiger partial charge in [0.2, 0.25) is 0 Å². The zero-order chi connectivity index (χ0) is 11.5. The topological polar surface area (TPSA) is 26.3 Å². The van der Waals surface area contributed by atoms with Gasteiger partial charge in [-0.3, -0.25) is 4.79 Å². The first kappa shape index (κ1) is 11.0. The quantitative estimate of drug-likeness (QED) is 0.761. The Labute approximate surface area is 98.8 Å². The van der Waals surface area contributed by atoms with Crippen LogP contribution in [0.2, 0.25) is 0 Å². The molecule has 2 nitrogen and oxygen atoms in total. The number of hydrogen-bond donors (Lipinski definition) is 0. The highest BCUT2D eigenvalue weighted by molar-refractivity contribution is 6.64. The maximum Gasteiger partial charge on any atom is 0.262 e. The van der Waals surface area contributed by atoms with Crippen molar-refractivity contribution in [1.29, 1.82) is 0 Å². The number of fused-ring (bicyclic) bond motifs is 1. The van der Waals surface area contributed by atoms with E-state index >= 15 is 0 Å². The van der Waals surface area contributed by atoms with Crippen LogP contribution in [0.3, 0.4) is 0 Å². The van der Waals surface area contributed by atoms with Gasteiger partial charge >= 0.3 is 0 Å². The fourth-order valence-electron chi connectivity index (χ4n) is 1.49. The molecule has 0 unspecified atom stereocenters. The molecule has 0 N–H and O–H groups in total. The highest BCUT2D eigenvalue weighted by Gasteiger charge is 2.11. The first-order chi connectivity index (χ1) is 7.66. The Morgan fingerprint density at radius 1 is 1.19 bits per heavy atom. The second-order valence-corrected chi connectivity index (χ2v) is 3.95. The van der Waals surface area contributed by atoms with Crippen LogP contribution < -0.4 is 4.74 Å². The Balaban J connectivity index is 2.29. The molecule has 0 spiro atoms. The van der Waals surface area contributed by atoms with Gasteiger partial charge in [0.25, 0.3) is 5.24 Å². The summed E-state index contributed by atoms with van der Waals surface area (Å²) in [6.45, 7) is 1.63. The summed E-state index contributed by atoms with van der Waals surface area (Å²) >= 11 is 5.33. The molecule has 82 valence electrons. The van der Waals surface area contributed by atoms with Crippen molar-refractivity contribution in [3.8, 4) is 5.75 Å². The van der Waals surface area contributed by atoms with Gasteiger partial charge in [-0.05, 0) is 41.4 Å². The molecule has 3 heteroatoms. The van der Waals surface area contributed by atoms with E-state index in [1.165, 1.54) is 0 Å². The Morgan fingerprint density at radius 3 is 2.56 bits per heavy atom. The lowest BCUT2D eigenvalue weighted by atomic mass is 10.1. The van der Waals surface area contributed by atoms with E-state index in [0.717, 1.165) is 10.8 Å². The number of benzene rings is 2. The second-order valence-electron chi connectivity index (χ2n) is 3.57. The summed E-state index contributed by atoms with van der Waals surface area (Å²) in [4.78, 5) is 10.9. The van der Waals surface area contributed by atoms with Crippen molar-refractivity contribution in [3.05, 3.63) is 42.5 Å². The first-order valence-electron chi connectivity index (χ1n) is 5.01. The molecule has 1 atom stereocenters. The molecular formula is C13H11ClO2. The molecule has 2 aromatic carbocycles. The average molecular weight is 235 g/mol. The molecule has 0 saturated heterocycles. The fourth-order valence-corrected chi connectivity index (χ4v) is 1.54. The van der Waals surface area contributed by atoms with Crippen LogP contribution in [-0.2, 0) is 4.79 Å². The van der Waals surface area contributed by atoms with E-state index in [-0.39, 0.29) is 0 Å². The molecule has 0 heterocycles. The highest BCUT2D eigenvalue weighted by atomic mass is 35.5. The molecule has 16 heavy (non-hydrogen) atoms. The van der Waals surface area contributed by atoms with Crippen LogP contribution in [0.1, 0.15) is 6.92 Å². The van der Waals surface area contributed by atoms with Crippen LogP contribution in [0.25, 0.3) is 10.8 Å². The Bertz CT molecular complexity index is 522. The number of carbonyl (C=O) groups excluding carboxylic acids is 1. The SMILES string of the molecule is C[C@@H](Oc1ccc2ccccc2c1)C(=O)Cl. The van der Waals surface area contributed by atoms with Crippen molar-refractivity contribution < 1.29 is 9.53 Å². The largest absolute Gasteiger partial charge is 0.482 e. The van der Waals surface area contributed by atoms with Crippen LogP contribution in [0.15, 0.2) is 42.5 Å². The van der Waals surface area contributed by atoms with Gasteiger partial charge in [0.05, 0.1) is 0 Å². The minimum absolute atomic E-state index is 0.492. The molecular weight excluding hydrogens is 224 g/mol. The van der Waals surface area contributed by atoms with Gasteiger partial charge in [0.15, 0.2) is 6.10 Å². The number of rotatable bonds is 3. The molecule has 0 bridgehead atoms. The van der Waals surface area contributed by atoms with Gasteiger partial charge in [-0.1, -0.05) is 30.3 Å². The predicted molar refractivity (Wildman–Crippen MR) is 64.9 cm³/mol. The lowest BCUT2D eigenvalue weighted by Gasteiger charge is -2.10. The summed E-state index contributed by atoms with van der Waals surface area (Å²) in [7, 11) is 0. The maximum absolute atomic E-state index is 10.9. The van der Waals surface area contributed by atoms with E-state index in [1.807, 2.05) is 42.5 Å². The van der Waals surface area contributed by atoms with Crippen molar-refractivity contribution in [2.45, 2.75) is 13.0 Å². The van der Waals surface area contributed by atoms with E-state index < -0.39 is 11.3 Å². The maximum atomic E-state index is 10.9. The van der Waals surface area contributed by atoms with E-state index in [0.29, 0.717) is 5.75 Å². The second kappa shape index (κ2) is 4.54. The molecule has 2 rings (SSSR count). The van der Waals surface area contributed by atoms with Gasteiger partial charge in [-0.2, -0.15) is 0 Å². The van der Waals surface area contributed by atoms with Gasteiger partial charge in [0.1, 0.15) is 5.75 Å². The van der Waals surface area contributed by atoms with Crippen LogP contribution in [0, 0.1) is 0 Å². The monoisotopic (exact) mass is 234 g/mol. The molecule has 0 amide bonds. The molecule has 0 aliphatic rings. The smallest absolute Gasteiger partial charge is 0.262 e. The molecule has 0 aromatic heterocycles. The lowest BCUT2D eigenvalue weighted by Crippen LogP contribution is -2.18. The minimum Gasteiger partial charge on any atom is -0.482 e. The third-order valence-corrected chi connectivity index (χ3v) is 2.66. The predicted octanol–water partition coefficient (Wildman–Crippen LogP) is 3.37. The normalized spacial score (nSPS) is 12.4. The van der Waals surface area contributed by atoms with Crippen molar-refractivity contribution in [3.63, 3.8) is 0 Å². The number of hydrogen-bond acceptors (Lipinski definition) is 2. The van der Waals surface area contributed by atoms with Crippen molar-refractivity contribution in [1.82, 2.24) is 0 Å². The zero-order valence-electron chi connectivity index (χ0n) is 8.81. The third kappa shape index (κ3) is 2.34. The third-order valence-electron chi connectivity index (χ3n) is 2.35. The number of carbonyl (C=O) groups is 1. The van der Waals surface area contributed by atoms with Crippen molar-refractivity contribution >= 4 is 27.6 Å². The average Bonchev–Trinajstić information content (AvgIpc) is 2.28. The van der Waals surface area contributed by atoms with Crippen LogP contribution in [-0.4, -0.2) is 11.3 Å². The van der Waals surface area contributed by atoms with Gasteiger partial charge < -0.3 is 4.74 Å². The van der Waals surface area contributed by atoms with Crippen LogP contribution in [0.5, 0.6) is 5.75 Å². The van der Waals surface area contributed by atoms with Crippen LogP contribution >= 0.6 is 11.6 Å². The summed E-state index contributed by atoms with van der Waals surface area (Å²) in [6, 6.07) is 13.6. The minimum atomic E-state index is -0.622. The first-order valence-corrected chi connectivity index (χ1v) is 5.39. The van der Waals surface area contributed by atoms with E-state index in [9.17, 15) is 4.79 Å². The summed E-state index contributed by atoms with van der Waals surface area (Å²) in [6.07, 6.45) is -0.622. The molecule has 0 fully saturated rings. The Kier molecular flexibility index (Phi) is 3.11. The molecule has 0 aliphatic heterocycles. The van der Waals surface area contributed by atoms with Gasteiger partial charge in [-0.25, -0.2) is 0 Å².